The number of amides is 1. The van der Waals surface area contributed by atoms with Gasteiger partial charge in [-0.3, -0.25) is 9.59 Å². The number of hydrogen-bond donors (Lipinski definition) is 1. The first-order valence-corrected chi connectivity index (χ1v) is 9.97. The number of alkyl halides is 3. The maximum Gasteiger partial charge on any atom is 0.416 e. The van der Waals surface area contributed by atoms with Gasteiger partial charge in [0.2, 0.25) is 5.75 Å². The maximum absolute atomic E-state index is 12.8. The predicted octanol–water partition coefficient (Wildman–Crippen LogP) is 5.44. The largest absolute Gasteiger partial charge is 0.493 e. The minimum atomic E-state index is -4.40. The van der Waals surface area contributed by atoms with Crippen molar-refractivity contribution >= 4 is 29.3 Å². The first-order valence-electron chi connectivity index (χ1n) is 9.15. The van der Waals surface area contributed by atoms with Gasteiger partial charge in [0.15, 0.2) is 11.4 Å². The summed E-state index contributed by atoms with van der Waals surface area (Å²) in [7, 11) is 1.37. The second kappa shape index (κ2) is 9.73. The van der Waals surface area contributed by atoms with Gasteiger partial charge in [0.1, 0.15) is 0 Å². The van der Waals surface area contributed by atoms with Crippen molar-refractivity contribution in [3.8, 4) is 11.5 Å². The summed E-state index contributed by atoms with van der Waals surface area (Å²) in [6, 6.07) is 13.0. The molecule has 0 fully saturated rings. The molecule has 10 heteroatoms. The highest BCUT2D eigenvalue weighted by atomic mass is 32.2. The summed E-state index contributed by atoms with van der Waals surface area (Å²) >= 11 is 1.24. The number of anilines is 1. The van der Waals surface area contributed by atoms with E-state index in [0.717, 1.165) is 12.1 Å². The van der Waals surface area contributed by atoms with Crippen molar-refractivity contribution in [1.29, 1.82) is 0 Å². The zero-order valence-corrected chi connectivity index (χ0v) is 17.7. The highest BCUT2D eigenvalue weighted by molar-refractivity contribution is 7.99. The number of hydrogen-bond acceptors (Lipinski definition) is 6. The lowest BCUT2D eigenvalue weighted by atomic mass is 10.2. The lowest BCUT2D eigenvalue weighted by Gasteiger charge is -2.12. The van der Waals surface area contributed by atoms with E-state index in [1.54, 1.807) is 24.3 Å². The summed E-state index contributed by atoms with van der Waals surface area (Å²) < 4.78 is 48.4. The summed E-state index contributed by atoms with van der Waals surface area (Å²) in [5.74, 6) is -1.20. The molecule has 0 unspecified atom stereocenters. The number of carbonyl (C=O) groups excluding carboxylic acids is 2. The molecule has 6 nitrogen and oxygen atoms in total. The molecule has 0 aliphatic heterocycles. The molecular formula is C22H17F3N2O4S. The van der Waals surface area contributed by atoms with Crippen molar-refractivity contribution in [2.45, 2.75) is 22.9 Å². The molecule has 166 valence electrons. The fourth-order valence-corrected chi connectivity index (χ4v) is 3.55. The van der Waals surface area contributed by atoms with E-state index in [0.29, 0.717) is 15.5 Å². The summed E-state index contributed by atoms with van der Waals surface area (Å²) in [4.78, 5) is 29.4. The fourth-order valence-electron chi connectivity index (χ4n) is 2.67. The van der Waals surface area contributed by atoms with Gasteiger partial charge < -0.3 is 14.8 Å². The number of nitrogens with zero attached hydrogens (tertiary/aromatic N) is 1. The molecule has 1 N–H and O–H groups in total. The second-order valence-electron chi connectivity index (χ2n) is 6.39. The summed E-state index contributed by atoms with van der Waals surface area (Å²) in [6.45, 7) is 1.19. The van der Waals surface area contributed by atoms with Gasteiger partial charge in [-0.25, -0.2) is 4.98 Å². The Hall–Kier alpha value is -3.53. The van der Waals surface area contributed by atoms with Crippen LogP contribution >= 0.6 is 11.8 Å². The van der Waals surface area contributed by atoms with Gasteiger partial charge in [0.25, 0.3) is 5.91 Å². The second-order valence-corrected chi connectivity index (χ2v) is 7.54. The van der Waals surface area contributed by atoms with Gasteiger partial charge in [0, 0.05) is 34.7 Å². The molecule has 1 aromatic heterocycles. The number of esters is 1. The Morgan fingerprint density at radius 2 is 1.75 bits per heavy atom. The van der Waals surface area contributed by atoms with Crippen LogP contribution < -0.4 is 14.8 Å². The van der Waals surface area contributed by atoms with Gasteiger partial charge in [-0.1, -0.05) is 17.8 Å². The third kappa shape index (κ3) is 5.79. The van der Waals surface area contributed by atoms with Crippen LogP contribution in [0, 0.1) is 0 Å². The van der Waals surface area contributed by atoms with Crippen LogP contribution in [-0.2, 0) is 11.0 Å². The van der Waals surface area contributed by atoms with E-state index in [4.69, 9.17) is 9.47 Å². The maximum atomic E-state index is 12.8. The zero-order valence-electron chi connectivity index (χ0n) is 16.9. The monoisotopic (exact) mass is 462 g/mol. The lowest BCUT2D eigenvalue weighted by Crippen LogP contribution is -2.17. The molecule has 0 aliphatic rings. The fraction of sp³-hybridized carbons (Fsp3) is 0.136. The number of ether oxygens (including phenoxy) is 2. The molecule has 32 heavy (non-hydrogen) atoms. The standard InChI is InChI=1S/C22H17F3N2O4S/c1-13(28)31-20-18(30-2)10-11-26-19(20)21(29)27-15-4-3-5-17(12-15)32-16-8-6-14(7-9-16)22(23,24)25/h3-12H,1-2H3,(H,27,29). The number of benzene rings is 2. The van der Waals surface area contributed by atoms with Crippen molar-refractivity contribution in [3.05, 3.63) is 72.1 Å². The third-order valence-electron chi connectivity index (χ3n) is 4.06. The van der Waals surface area contributed by atoms with Crippen molar-refractivity contribution < 1.29 is 32.2 Å². The number of pyridine rings is 1. The summed E-state index contributed by atoms with van der Waals surface area (Å²) in [5, 5.41) is 2.67. The average Bonchev–Trinajstić information content (AvgIpc) is 2.73. The van der Waals surface area contributed by atoms with E-state index in [1.165, 1.54) is 50.2 Å². The molecule has 0 saturated carbocycles. The molecule has 0 bridgehead atoms. The van der Waals surface area contributed by atoms with Crippen LogP contribution in [0.25, 0.3) is 0 Å². The van der Waals surface area contributed by atoms with Crippen molar-refractivity contribution in [3.63, 3.8) is 0 Å². The number of halogens is 3. The third-order valence-corrected chi connectivity index (χ3v) is 5.06. The van der Waals surface area contributed by atoms with E-state index >= 15 is 0 Å². The van der Waals surface area contributed by atoms with Crippen LogP contribution in [0.2, 0.25) is 0 Å². The van der Waals surface area contributed by atoms with Gasteiger partial charge in [-0.05, 0) is 42.5 Å². The normalized spacial score (nSPS) is 11.0. The lowest BCUT2D eigenvalue weighted by molar-refractivity contribution is -0.137. The van der Waals surface area contributed by atoms with E-state index in [1.807, 2.05) is 0 Å². The molecule has 3 aromatic rings. The van der Waals surface area contributed by atoms with E-state index in [2.05, 4.69) is 10.3 Å². The van der Waals surface area contributed by atoms with Gasteiger partial charge >= 0.3 is 12.1 Å². The Kier molecular flexibility index (Phi) is 7.04. The molecule has 0 saturated heterocycles. The van der Waals surface area contributed by atoms with E-state index in [-0.39, 0.29) is 17.2 Å². The smallest absolute Gasteiger partial charge is 0.416 e. The minimum Gasteiger partial charge on any atom is -0.493 e. The van der Waals surface area contributed by atoms with Crippen LogP contribution in [0.5, 0.6) is 11.5 Å². The predicted molar refractivity (Wildman–Crippen MR) is 112 cm³/mol. The Bertz CT molecular complexity index is 1130. The van der Waals surface area contributed by atoms with E-state index < -0.39 is 23.6 Å². The zero-order chi connectivity index (χ0) is 23.3. The molecule has 3 rings (SSSR count). The minimum absolute atomic E-state index is 0.102. The van der Waals surface area contributed by atoms with Crippen LogP contribution in [0.15, 0.2) is 70.6 Å². The molecule has 1 heterocycles. The average molecular weight is 462 g/mol. The Morgan fingerprint density at radius 1 is 1.03 bits per heavy atom. The number of aromatic nitrogens is 1. The van der Waals surface area contributed by atoms with E-state index in [9.17, 15) is 22.8 Å². The van der Waals surface area contributed by atoms with Crippen LogP contribution in [0.1, 0.15) is 23.0 Å². The topological polar surface area (TPSA) is 77.5 Å². The van der Waals surface area contributed by atoms with Gasteiger partial charge in [-0.2, -0.15) is 13.2 Å². The number of rotatable bonds is 6. The Labute approximate surface area is 185 Å². The Morgan fingerprint density at radius 3 is 2.38 bits per heavy atom. The SMILES string of the molecule is COc1ccnc(C(=O)Nc2cccc(Sc3ccc(C(F)(F)F)cc3)c2)c1OC(C)=O. The number of methoxy groups -OCH3 is 1. The first kappa shape index (κ1) is 23.1. The molecule has 0 radical (unpaired) electrons. The van der Waals surface area contributed by atoms with Crippen LogP contribution in [-0.4, -0.2) is 24.0 Å². The summed E-state index contributed by atoms with van der Waals surface area (Å²) in [6.07, 6.45) is -3.05. The van der Waals surface area contributed by atoms with Gasteiger partial charge in [-0.15, -0.1) is 0 Å². The quantitative estimate of drug-likeness (QED) is 0.492. The molecule has 0 atom stereocenters. The first-order chi connectivity index (χ1) is 15.2. The van der Waals surface area contributed by atoms with Gasteiger partial charge in [0.05, 0.1) is 12.7 Å². The Balaban J connectivity index is 1.78. The van der Waals surface area contributed by atoms with Crippen LogP contribution in [0.3, 0.4) is 0 Å². The van der Waals surface area contributed by atoms with Crippen molar-refractivity contribution in [2.75, 3.05) is 12.4 Å². The number of nitrogens with one attached hydrogen (secondary N) is 1. The molecule has 1 amide bonds. The van der Waals surface area contributed by atoms with Crippen molar-refractivity contribution in [2.24, 2.45) is 0 Å². The molecule has 0 aliphatic carbocycles. The molecular weight excluding hydrogens is 445 g/mol. The highest BCUT2D eigenvalue weighted by Crippen LogP contribution is 2.34. The van der Waals surface area contributed by atoms with Crippen LogP contribution in [0.4, 0.5) is 18.9 Å². The summed E-state index contributed by atoms with van der Waals surface area (Å²) in [5.41, 5.74) is -0.442. The molecule has 0 spiro atoms. The number of carbonyl (C=O) groups is 2. The molecule has 2 aromatic carbocycles. The van der Waals surface area contributed by atoms with Crippen molar-refractivity contribution in [1.82, 2.24) is 4.98 Å². The highest BCUT2D eigenvalue weighted by Gasteiger charge is 2.30.